The molecule has 1 aromatic heterocycles. The van der Waals surface area contributed by atoms with Crippen LogP contribution < -0.4 is 5.32 Å². The van der Waals surface area contributed by atoms with E-state index in [1.165, 1.54) is 0 Å². The summed E-state index contributed by atoms with van der Waals surface area (Å²) in [5, 5.41) is 21.2. The summed E-state index contributed by atoms with van der Waals surface area (Å²) in [5.74, 6) is 0.910. The van der Waals surface area contributed by atoms with E-state index >= 15 is 0 Å². The number of aryl methyl sites for hydroxylation is 2. The van der Waals surface area contributed by atoms with Gasteiger partial charge in [0.2, 0.25) is 5.95 Å². The van der Waals surface area contributed by atoms with E-state index in [1.54, 1.807) is 0 Å². The predicted molar refractivity (Wildman–Crippen MR) is 70.4 cm³/mol. The zero-order chi connectivity index (χ0) is 13.0. The first-order chi connectivity index (χ1) is 8.74. The molecule has 1 fully saturated rings. The molecule has 2 atom stereocenters. The van der Waals surface area contributed by atoms with Crippen molar-refractivity contribution in [3.8, 4) is 0 Å². The van der Waals surface area contributed by atoms with Gasteiger partial charge in [0.1, 0.15) is 0 Å². The summed E-state index contributed by atoms with van der Waals surface area (Å²) in [4.78, 5) is 4.48. The first kappa shape index (κ1) is 13.2. The summed E-state index contributed by atoms with van der Waals surface area (Å²) in [5.41, 5.74) is 1.99. The number of rotatable bonds is 5. The number of aliphatic hydroxyl groups excluding tert-OH is 1. The Morgan fingerprint density at radius 2 is 1.94 bits per heavy atom. The third-order valence-corrected chi connectivity index (χ3v) is 3.65. The number of hydrogen-bond acceptors (Lipinski definition) is 5. The number of aromatic nitrogens is 3. The monoisotopic (exact) mass is 250 g/mol. The van der Waals surface area contributed by atoms with Crippen LogP contribution in [0.2, 0.25) is 0 Å². The van der Waals surface area contributed by atoms with Crippen LogP contribution in [0, 0.1) is 5.92 Å². The van der Waals surface area contributed by atoms with Crippen molar-refractivity contribution < 1.29 is 5.11 Å². The Balaban J connectivity index is 1.97. The van der Waals surface area contributed by atoms with Gasteiger partial charge in [0.15, 0.2) is 0 Å². The lowest BCUT2D eigenvalue weighted by molar-refractivity contribution is 0.138. The molecule has 0 amide bonds. The number of aliphatic hydroxyl groups is 1. The molecule has 1 saturated carbocycles. The first-order valence-corrected chi connectivity index (χ1v) is 6.89. The van der Waals surface area contributed by atoms with Crippen molar-refractivity contribution in [2.75, 3.05) is 11.9 Å². The molecule has 100 valence electrons. The topological polar surface area (TPSA) is 70.9 Å². The maximum atomic E-state index is 9.75. The highest BCUT2D eigenvalue weighted by Gasteiger charge is 2.25. The maximum absolute atomic E-state index is 9.75. The molecule has 18 heavy (non-hydrogen) atoms. The van der Waals surface area contributed by atoms with Crippen molar-refractivity contribution in [1.82, 2.24) is 15.2 Å². The molecule has 1 heterocycles. The second kappa shape index (κ2) is 6.09. The van der Waals surface area contributed by atoms with E-state index in [9.17, 15) is 5.11 Å². The van der Waals surface area contributed by atoms with Gasteiger partial charge in [0.25, 0.3) is 0 Å². The van der Waals surface area contributed by atoms with E-state index in [2.05, 4.69) is 34.3 Å². The van der Waals surface area contributed by atoms with Crippen molar-refractivity contribution in [1.29, 1.82) is 0 Å². The smallest absolute Gasteiger partial charge is 0.242 e. The molecular formula is C13H22N4O. The molecule has 1 aliphatic carbocycles. The Kier molecular flexibility index (Phi) is 4.47. The zero-order valence-corrected chi connectivity index (χ0v) is 11.2. The van der Waals surface area contributed by atoms with Gasteiger partial charge in [-0.1, -0.05) is 20.3 Å². The van der Waals surface area contributed by atoms with Gasteiger partial charge >= 0.3 is 0 Å². The normalized spacial score (nSPS) is 23.3. The van der Waals surface area contributed by atoms with Gasteiger partial charge in [0.05, 0.1) is 17.5 Å². The van der Waals surface area contributed by atoms with Crippen LogP contribution in [0.1, 0.15) is 44.5 Å². The molecule has 2 rings (SSSR count). The lowest BCUT2D eigenvalue weighted by Gasteiger charge is -2.15. The van der Waals surface area contributed by atoms with E-state index < -0.39 is 0 Å². The summed E-state index contributed by atoms with van der Waals surface area (Å²) in [7, 11) is 0. The molecule has 1 aliphatic rings. The van der Waals surface area contributed by atoms with Crippen LogP contribution >= 0.6 is 0 Å². The molecule has 1 aromatic rings. The molecule has 0 bridgehead atoms. The molecule has 0 saturated heterocycles. The van der Waals surface area contributed by atoms with Crippen LogP contribution in [-0.2, 0) is 12.8 Å². The second-order valence-electron chi connectivity index (χ2n) is 4.88. The minimum absolute atomic E-state index is 0.175. The minimum atomic E-state index is -0.175. The third kappa shape index (κ3) is 2.96. The number of nitrogens with zero attached hydrogens (tertiary/aromatic N) is 3. The number of hydrogen-bond donors (Lipinski definition) is 2. The Bertz CT molecular complexity index is 397. The number of nitrogens with one attached hydrogen (secondary N) is 1. The molecule has 0 aliphatic heterocycles. The standard InChI is InChI=1S/C13H22N4O/c1-3-10-11(4-2)16-17-13(15-10)14-8-9-6-5-7-12(9)18/h9,12,18H,3-8H2,1-2H3,(H,14,15,17). The van der Waals surface area contributed by atoms with Crippen molar-refractivity contribution in [3.05, 3.63) is 11.4 Å². The SMILES string of the molecule is CCc1nnc(NCC2CCCC2O)nc1CC. The number of anilines is 1. The molecule has 0 radical (unpaired) electrons. The molecule has 0 aromatic carbocycles. The van der Waals surface area contributed by atoms with Crippen molar-refractivity contribution in [2.24, 2.45) is 5.92 Å². The quantitative estimate of drug-likeness (QED) is 0.830. The zero-order valence-electron chi connectivity index (χ0n) is 11.2. The van der Waals surface area contributed by atoms with Gasteiger partial charge < -0.3 is 10.4 Å². The van der Waals surface area contributed by atoms with Crippen molar-refractivity contribution in [3.63, 3.8) is 0 Å². The fourth-order valence-electron chi connectivity index (χ4n) is 2.49. The summed E-state index contributed by atoms with van der Waals surface area (Å²) in [6.07, 6.45) is 4.67. The molecule has 5 heteroatoms. The van der Waals surface area contributed by atoms with Crippen LogP contribution in [0.25, 0.3) is 0 Å². The molecule has 2 unspecified atom stereocenters. The first-order valence-electron chi connectivity index (χ1n) is 6.89. The lowest BCUT2D eigenvalue weighted by Crippen LogP contribution is -2.23. The average Bonchev–Trinajstić information content (AvgIpc) is 2.81. The Morgan fingerprint density at radius 3 is 2.56 bits per heavy atom. The van der Waals surface area contributed by atoms with E-state index in [0.717, 1.165) is 50.0 Å². The largest absolute Gasteiger partial charge is 0.393 e. The Morgan fingerprint density at radius 1 is 1.17 bits per heavy atom. The van der Waals surface area contributed by atoms with Crippen LogP contribution in [0.15, 0.2) is 0 Å². The minimum Gasteiger partial charge on any atom is -0.393 e. The Hall–Kier alpha value is -1.23. The van der Waals surface area contributed by atoms with Crippen molar-refractivity contribution in [2.45, 2.75) is 52.1 Å². The van der Waals surface area contributed by atoms with Gasteiger partial charge in [-0.15, -0.1) is 5.10 Å². The van der Waals surface area contributed by atoms with Gasteiger partial charge in [0, 0.05) is 12.5 Å². The van der Waals surface area contributed by atoms with Gasteiger partial charge in [-0.3, -0.25) is 0 Å². The van der Waals surface area contributed by atoms with Crippen molar-refractivity contribution >= 4 is 5.95 Å². The molecule has 2 N–H and O–H groups in total. The molecular weight excluding hydrogens is 228 g/mol. The maximum Gasteiger partial charge on any atom is 0.242 e. The second-order valence-corrected chi connectivity index (χ2v) is 4.88. The van der Waals surface area contributed by atoms with E-state index in [1.807, 2.05) is 0 Å². The highest BCUT2D eigenvalue weighted by molar-refractivity contribution is 5.26. The summed E-state index contributed by atoms with van der Waals surface area (Å²) in [6.45, 7) is 4.87. The summed E-state index contributed by atoms with van der Waals surface area (Å²) < 4.78 is 0. The fraction of sp³-hybridized carbons (Fsp3) is 0.769. The van der Waals surface area contributed by atoms with Gasteiger partial charge in [-0.25, -0.2) is 4.98 Å². The van der Waals surface area contributed by atoms with E-state index in [4.69, 9.17) is 0 Å². The van der Waals surface area contributed by atoms with Gasteiger partial charge in [-0.05, 0) is 25.7 Å². The average molecular weight is 250 g/mol. The lowest BCUT2D eigenvalue weighted by atomic mass is 10.1. The predicted octanol–water partition coefficient (Wildman–Crippen LogP) is 1.57. The highest BCUT2D eigenvalue weighted by Crippen LogP contribution is 2.25. The van der Waals surface area contributed by atoms with Crippen LogP contribution in [0.5, 0.6) is 0 Å². The fourth-order valence-corrected chi connectivity index (χ4v) is 2.49. The summed E-state index contributed by atoms with van der Waals surface area (Å²) >= 11 is 0. The molecule has 5 nitrogen and oxygen atoms in total. The van der Waals surface area contributed by atoms with Crippen LogP contribution in [0.3, 0.4) is 0 Å². The van der Waals surface area contributed by atoms with Crippen LogP contribution in [-0.4, -0.2) is 32.9 Å². The van der Waals surface area contributed by atoms with E-state index in [0.29, 0.717) is 11.9 Å². The van der Waals surface area contributed by atoms with Gasteiger partial charge in [-0.2, -0.15) is 5.10 Å². The molecule has 0 spiro atoms. The summed E-state index contributed by atoms with van der Waals surface area (Å²) in [6, 6.07) is 0. The third-order valence-electron chi connectivity index (χ3n) is 3.65. The highest BCUT2D eigenvalue weighted by atomic mass is 16.3. The Labute approximate surface area is 108 Å². The van der Waals surface area contributed by atoms with E-state index in [-0.39, 0.29) is 6.10 Å². The van der Waals surface area contributed by atoms with Crippen LogP contribution in [0.4, 0.5) is 5.95 Å².